The molecule has 90 valence electrons. The van der Waals surface area contributed by atoms with Gasteiger partial charge in [0.05, 0.1) is 5.41 Å². The zero-order chi connectivity index (χ0) is 11.1. The minimum atomic E-state index is 0.223. The fourth-order valence-corrected chi connectivity index (χ4v) is 7.25. The number of hydrogen-bond donors (Lipinski definition) is 1. The van der Waals surface area contributed by atoms with Crippen molar-refractivity contribution in [3.8, 4) is 0 Å². The first-order chi connectivity index (χ1) is 8.29. The maximum atomic E-state index is 12.9. The van der Waals surface area contributed by atoms with Crippen molar-refractivity contribution in [1.29, 1.82) is 0 Å². The molecule has 6 aliphatic carbocycles. The van der Waals surface area contributed by atoms with Crippen LogP contribution in [0.1, 0.15) is 6.92 Å². The van der Waals surface area contributed by atoms with Gasteiger partial charge in [0.1, 0.15) is 0 Å². The van der Waals surface area contributed by atoms with Crippen LogP contribution in [0, 0.1) is 46.8 Å². The second-order valence-electron chi connectivity index (χ2n) is 7.37. The van der Waals surface area contributed by atoms with Crippen LogP contribution in [0.2, 0.25) is 0 Å². The first kappa shape index (κ1) is 8.52. The lowest BCUT2D eigenvalue weighted by Gasteiger charge is -3.06. The van der Waals surface area contributed by atoms with Crippen LogP contribution in [0.5, 0.6) is 0 Å². The molecule has 0 radical (unpaired) electrons. The summed E-state index contributed by atoms with van der Waals surface area (Å²) in [4.78, 5) is 15.1. The number of amides is 1. The molecule has 0 aromatic heterocycles. The van der Waals surface area contributed by atoms with E-state index in [9.17, 15) is 4.79 Å². The van der Waals surface area contributed by atoms with E-state index >= 15 is 0 Å². The zero-order valence-corrected chi connectivity index (χ0v) is 10.1. The van der Waals surface area contributed by atoms with E-state index in [1.54, 1.807) is 0 Å². The van der Waals surface area contributed by atoms with Crippen LogP contribution in [0.15, 0.2) is 0 Å². The molecule has 3 heteroatoms. The van der Waals surface area contributed by atoms with Gasteiger partial charge in [-0.25, -0.2) is 0 Å². The van der Waals surface area contributed by atoms with Gasteiger partial charge in [0.2, 0.25) is 5.91 Å². The van der Waals surface area contributed by atoms with Gasteiger partial charge in [-0.05, 0) is 48.3 Å². The highest BCUT2D eigenvalue weighted by molar-refractivity contribution is 5.92. The monoisotopic (exact) mass is 230 g/mol. The quantitative estimate of drug-likeness (QED) is 0.696. The number of nitrogens with one attached hydrogen (secondary N) is 1. The lowest BCUT2D eigenvalue weighted by Crippen LogP contribution is -3.07. The first-order valence-electron chi connectivity index (χ1n) is 7.31. The molecule has 0 aromatic carbocycles. The summed E-state index contributed by atoms with van der Waals surface area (Å²) in [7, 11) is 0. The van der Waals surface area contributed by atoms with Crippen molar-refractivity contribution < 1.29 is 4.79 Å². The molecule has 1 amide bonds. The van der Waals surface area contributed by atoms with Crippen LogP contribution in [0.3, 0.4) is 0 Å². The van der Waals surface area contributed by atoms with Crippen molar-refractivity contribution in [2.24, 2.45) is 46.8 Å². The molecule has 17 heavy (non-hydrogen) atoms. The molecular formula is C14H18N2O. The Labute approximate surface area is 101 Å². The van der Waals surface area contributed by atoms with Gasteiger partial charge in [-0.3, -0.25) is 4.79 Å². The highest BCUT2D eigenvalue weighted by Gasteiger charge is 3.06. The minimum absolute atomic E-state index is 0.223. The third-order valence-electron chi connectivity index (χ3n) is 7.61. The number of carbonyl (C=O) groups excluding carboxylic acids is 1. The zero-order valence-electron chi connectivity index (χ0n) is 10.1. The molecule has 1 saturated heterocycles. The van der Waals surface area contributed by atoms with Crippen LogP contribution >= 0.6 is 0 Å². The van der Waals surface area contributed by atoms with Gasteiger partial charge in [-0.15, -0.1) is 0 Å². The molecule has 3 nitrogen and oxygen atoms in total. The van der Waals surface area contributed by atoms with Crippen molar-refractivity contribution in [1.82, 2.24) is 10.2 Å². The predicted molar refractivity (Wildman–Crippen MR) is 60.9 cm³/mol. The molecular weight excluding hydrogens is 212 g/mol. The van der Waals surface area contributed by atoms with Crippen molar-refractivity contribution in [2.45, 2.75) is 13.0 Å². The largest absolute Gasteiger partial charge is 0.337 e. The van der Waals surface area contributed by atoms with E-state index in [0.717, 1.165) is 61.1 Å². The normalized spacial score (nSPS) is 71.2. The first-order valence-corrected chi connectivity index (χ1v) is 7.31. The molecule has 0 bridgehead atoms. The molecule has 1 aliphatic heterocycles. The van der Waals surface area contributed by atoms with Crippen molar-refractivity contribution in [3.63, 3.8) is 0 Å². The molecule has 1 N–H and O–H groups in total. The fourth-order valence-electron chi connectivity index (χ4n) is 7.25. The second kappa shape index (κ2) is 2.07. The van der Waals surface area contributed by atoms with Gasteiger partial charge in [0.15, 0.2) is 0 Å². The lowest BCUT2D eigenvalue weighted by molar-refractivity contribution is -0.597. The van der Waals surface area contributed by atoms with Crippen LogP contribution in [-0.4, -0.2) is 36.5 Å². The third-order valence-corrected chi connectivity index (χ3v) is 7.61. The SMILES string of the molecule is CC1CNCCN1C(=O)C12C3C4C5C3C1C5C42. The van der Waals surface area contributed by atoms with Crippen molar-refractivity contribution in [3.05, 3.63) is 0 Å². The Morgan fingerprint density at radius 2 is 1.82 bits per heavy atom. The van der Waals surface area contributed by atoms with E-state index in [2.05, 4.69) is 17.1 Å². The molecule has 0 spiro atoms. The second-order valence-corrected chi connectivity index (χ2v) is 7.37. The van der Waals surface area contributed by atoms with E-state index in [4.69, 9.17) is 0 Å². The summed E-state index contributed by atoms with van der Waals surface area (Å²) in [5.41, 5.74) is 0.223. The number of nitrogens with zero attached hydrogens (tertiary/aromatic N) is 1. The Morgan fingerprint density at radius 1 is 1.18 bits per heavy atom. The number of carbonyl (C=O) groups is 1. The average molecular weight is 230 g/mol. The van der Waals surface area contributed by atoms with Crippen molar-refractivity contribution >= 4 is 5.91 Å². The molecule has 7 fully saturated rings. The average Bonchev–Trinajstić information content (AvgIpc) is 2.39. The summed E-state index contributed by atoms with van der Waals surface area (Å²) in [6, 6.07) is 0.414. The highest BCUT2D eigenvalue weighted by Crippen LogP contribution is 3.06. The Kier molecular flexibility index (Phi) is 1.04. The van der Waals surface area contributed by atoms with Crippen LogP contribution in [0.4, 0.5) is 0 Å². The molecule has 1 atom stereocenters. The molecule has 0 aromatic rings. The van der Waals surface area contributed by atoms with Gasteiger partial charge < -0.3 is 10.2 Å². The van der Waals surface area contributed by atoms with E-state index in [-0.39, 0.29) is 5.41 Å². The Bertz CT molecular complexity index is 422. The summed E-state index contributed by atoms with van der Waals surface area (Å²) >= 11 is 0. The summed E-state index contributed by atoms with van der Waals surface area (Å²) < 4.78 is 0. The van der Waals surface area contributed by atoms with E-state index < -0.39 is 0 Å². The summed E-state index contributed by atoms with van der Waals surface area (Å²) in [6.45, 7) is 5.12. The number of piperazine rings is 1. The molecule has 1 heterocycles. The standard InChI is InChI=1S/C14H18N2O/c1-5-4-15-2-3-16(5)13(17)14-10-7-6-8(10)12(14)9(6)11(7)14/h5-12,15H,2-4H2,1H3. The van der Waals surface area contributed by atoms with Crippen LogP contribution in [0.25, 0.3) is 0 Å². The summed E-state index contributed by atoms with van der Waals surface area (Å²) in [5.74, 6) is 7.34. The molecule has 1 unspecified atom stereocenters. The van der Waals surface area contributed by atoms with Gasteiger partial charge in [0, 0.05) is 25.7 Å². The van der Waals surface area contributed by atoms with E-state index in [0.29, 0.717) is 11.9 Å². The third kappa shape index (κ3) is 0.502. The van der Waals surface area contributed by atoms with E-state index in [1.807, 2.05) is 0 Å². The number of rotatable bonds is 1. The van der Waals surface area contributed by atoms with Crippen LogP contribution in [-0.2, 0) is 4.79 Å². The van der Waals surface area contributed by atoms with Crippen molar-refractivity contribution in [2.75, 3.05) is 19.6 Å². The molecule has 7 rings (SSSR count). The van der Waals surface area contributed by atoms with Gasteiger partial charge >= 0.3 is 0 Å². The summed E-state index contributed by atoms with van der Waals surface area (Å²) in [6.07, 6.45) is 0. The predicted octanol–water partition coefficient (Wildman–Crippen LogP) is 0.175. The topological polar surface area (TPSA) is 32.3 Å². The maximum absolute atomic E-state index is 12.9. The Hall–Kier alpha value is -0.570. The molecule has 6 saturated carbocycles. The Morgan fingerprint density at radius 3 is 2.41 bits per heavy atom. The fraction of sp³-hybridized carbons (Fsp3) is 0.929. The summed E-state index contributed by atoms with van der Waals surface area (Å²) in [5, 5.41) is 3.39. The highest BCUT2D eigenvalue weighted by atomic mass is 16.2. The minimum Gasteiger partial charge on any atom is -0.337 e. The number of hydrogen-bond acceptors (Lipinski definition) is 2. The Balaban J connectivity index is 1.35. The lowest BCUT2D eigenvalue weighted by atomic mass is 8.96. The van der Waals surface area contributed by atoms with Gasteiger partial charge in [-0.1, -0.05) is 0 Å². The van der Waals surface area contributed by atoms with Gasteiger partial charge in [0.25, 0.3) is 0 Å². The molecule has 7 aliphatic rings. The maximum Gasteiger partial charge on any atom is 0.230 e. The van der Waals surface area contributed by atoms with Crippen LogP contribution < -0.4 is 5.32 Å². The van der Waals surface area contributed by atoms with E-state index in [1.165, 1.54) is 0 Å². The van der Waals surface area contributed by atoms with Gasteiger partial charge in [-0.2, -0.15) is 0 Å². The smallest absolute Gasteiger partial charge is 0.230 e.